The van der Waals surface area contributed by atoms with E-state index in [9.17, 15) is 14.7 Å². The number of nitrogens with one attached hydrogen (secondary N) is 2. The quantitative estimate of drug-likeness (QED) is 0.487. The number of hydrogen-bond acceptors (Lipinski definition) is 4. The van der Waals surface area contributed by atoms with Crippen molar-refractivity contribution in [1.82, 2.24) is 15.5 Å². The Kier molecular flexibility index (Phi) is 6.98. The lowest BCUT2D eigenvalue weighted by Crippen LogP contribution is -2.56. The lowest BCUT2D eigenvalue weighted by molar-refractivity contribution is -0.125. The zero-order valence-corrected chi connectivity index (χ0v) is 23.8. The summed E-state index contributed by atoms with van der Waals surface area (Å²) in [5.41, 5.74) is 2.27. The molecule has 1 aliphatic carbocycles. The first-order chi connectivity index (χ1) is 16.8. The van der Waals surface area contributed by atoms with Gasteiger partial charge < -0.3 is 20.6 Å². The number of aliphatic hydroxyl groups excluding tert-OH is 1. The first kappa shape index (κ1) is 26.6. The van der Waals surface area contributed by atoms with Crippen LogP contribution in [0.15, 0.2) is 46.5 Å². The Hall–Kier alpha value is -2.45. The molecular formula is C28H42N4O3Si. The maximum Gasteiger partial charge on any atom is 0.318 e. The number of hydrogen-bond donors (Lipinski definition) is 3. The van der Waals surface area contributed by atoms with E-state index in [1.807, 2.05) is 62.9 Å². The van der Waals surface area contributed by atoms with Crippen molar-refractivity contribution in [2.75, 3.05) is 13.1 Å². The highest BCUT2D eigenvalue weighted by Gasteiger charge is 2.54. The van der Waals surface area contributed by atoms with Crippen LogP contribution in [-0.4, -0.2) is 60.5 Å². The van der Waals surface area contributed by atoms with Crippen molar-refractivity contribution in [1.29, 1.82) is 0 Å². The fraction of sp³-hybridized carbons (Fsp3) is 0.607. The SMILES string of the molecule is CC(C)[C@H](NC(=O)N1CC2=C(CN=C2NC(=O)C2([Si](C)(C)C)CCC2)C1(C)C)C(O)c1ccccc1. The second-order valence-electron chi connectivity index (χ2n) is 12.5. The predicted molar refractivity (Wildman–Crippen MR) is 147 cm³/mol. The summed E-state index contributed by atoms with van der Waals surface area (Å²) < 4.78 is 0. The minimum Gasteiger partial charge on any atom is -0.386 e. The summed E-state index contributed by atoms with van der Waals surface area (Å²) in [7, 11) is -1.70. The van der Waals surface area contributed by atoms with E-state index in [1.165, 1.54) is 0 Å². The summed E-state index contributed by atoms with van der Waals surface area (Å²) in [4.78, 5) is 33.5. The highest BCUT2D eigenvalue weighted by atomic mass is 28.3. The van der Waals surface area contributed by atoms with Gasteiger partial charge in [0.05, 0.1) is 38.8 Å². The monoisotopic (exact) mass is 510 g/mol. The Bertz CT molecular complexity index is 1080. The van der Waals surface area contributed by atoms with Gasteiger partial charge in [-0.2, -0.15) is 0 Å². The van der Waals surface area contributed by atoms with E-state index >= 15 is 0 Å². The molecule has 3 N–H and O–H groups in total. The van der Waals surface area contributed by atoms with Gasteiger partial charge in [0.1, 0.15) is 5.84 Å². The summed E-state index contributed by atoms with van der Waals surface area (Å²) in [6, 6.07) is 8.79. The largest absolute Gasteiger partial charge is 0.386 e. The van der Waals surface area contributed by atoms with Gasteiger partial charge in [0, 0.05) is 10.6 Å². The molecule has 1 fully saturated rings. The third-order valence-corrected chi connectivity index (χ3v) is 12.4. The van der Waals surface area contributed by atoms with Crippen molar-refractivity contribution in [3.63, 3.8) is 0 Å². The molecule has 0 radical (unpaired) electrons. The third-order valence-electron chi connectivity index (χ3n) is 8.82. The molecule has 0 saturated heterocycles. The molecule has 0 spiro atoms. The Morgan fingerprint density at radius 1 is 1.11 bits per heavy atom. The number of aliphatic imine (C=N–C) groups is 1. The minimum atomic E-state index is -1.70. The van der Waals surface area contributed by atoms with Crippen molar-refractivity contribution in [3.8, 4) is 0 Å². The summed E-state index contributed by atoms with van der Waals surface area (Å²) in [6.45, 7) is 15.7. The molecule has 1 aromatic rings. The zero-order valence-electron chi connectivity index (χ0n) is 22.8. The molecule has 1 saturated carbocycles. The minimum absolute atomic E-state index is 0.0336. The van der Waals surface area contributed by atoms with Crippen LogP contribution in [0.25, 0.3) is 0 Å². The number of rotatable bonds is 6. The predicted octanol–water partition coefficient (Wildman–Crippen LogP) is 4.64. The van der Waals surface area contributed by atoms with Crippen LogP contribution < -0.4 is 10.6 Å². The molecule has 36 heavy (non-hydrogen) atoms. The number of amidine groups is 1. The first-order valence-electron chi connectivity index (χ1n) is 13.2. The number of carbonyl (C=O) groups is 2. The Labute approximate surface area is 216 Å². The summed E-state index contributed by atoms with van der Waals surface area (Å²) in [6.07, 6.45) is 2.20. The van der Waals surface area contributed by atoms with Crippen LogP contribution in [0.5, 0.6) is 0 Å². The van der Waals surface area contributed by atoms with Gasteiger partial charge in [0.15, 0.2) is 0 Å². The Morgan fingerprint density at radius 2 is 1.75 bits per heavy atom. The molecule has 7 nitrogen and oxygen atoms in total. The van der Waals surface area contributed by atoms with E-state index in [-0.39, 0.29) is 22.9 Å². The fourth-order valence-electron chi connectivity index (χ4n) is 5.95. The highest BCUT2D eigenvalue weighted by Crippen LogP contribution is 2.55. The molecule has 1 unspecified atom stereocenters. The third kappa shape index (κ3) is 4.43. The van der Waals surface area contributed by atoms with Gasteiger partial charge >= 0.3 is 6.03 Å². The van der Waals surface area contributed by atoms with Crippen molar-refractivity contribution in [2.45, 2.75) is 89.3 Å². The van der Waals surface area contributed by atoms with Crippen LogP contribution in [0.4, 0.5) is 4.79 Å². The second-order valence-corrected chi connectivity index (χ2v) is 17.9. The smallest absolute Gasteiger partial charge is 0.318 e. The number of urea groups is 1. The van der Waals surface area contributed by atoms with E-state index in [0.29, 0.717) is 18.9 Å². The molecule has 4 rings (SSSR count). The molecule has 2 aliphatic heterocycles. The van der Waals surface area contributed by atoms with Crippen LogP contribution in [0.2, 0.25) is 24.7 Å². The topological polar surface area (TPSA) is 94.0 Å². The number of benzene rings is 1. The van der Waals surface area contributed by atoms with Gasteiger partial charge in [0.2, 0.25) is 5.91 Å². The van der Waals surface area contributed by atoms with Crippen molar-refractivity contribution in [3.05, 3.63) is 47.0 Å². The fourth-order valence-corrected chi connectivity index (χ4v) is 8.54. The molecule has 2 heterocycles. The average Bonchev–Trinajstić information content (AvgIpc) is 3.28. The molecular weight excluding hydrogens is 468 g/mol. The van der Waals surface area contributed by atoms with Crippen LogP contribution in [0, 0.1) is 5.92 Å². The lowest BCUT2D eigenvalue weighted by Gasteiger charge is -2.49. The van der Waals surface area contributed by atoms with Gasteiger partial charge in [-0.3, -0.25) is 9.79 Å². The molecule has 3 aliphatic rings. The van der Waals surface area contributed by atoms with Gasteiger partial charge in [-0.25, -0.2) is 4.79 Å². The molecule has 1 aromatic carbocycles. The van der Waals surface area contributed by atoms with Gasteiger partial charge in [-0.05, 0) is 43.7 Å². The average molecular weight is 511 g/mol. The van der Waals surface area contributed by atoms with Crippen molar-refractivity contribution >= 4 is 25.8 Å². The number of nitrogens with zero attached hydrogens (tertiary/aromatic N) is 2. The van der Waals surface area contributed by atoms with Gasteiger partial charge in [0.25, 0.3) is 0 Å². The maximum atomic E-state index is 13.6. The molecule has 2 atom stereocenters. The molecule has 8 heteroatoms. The summed E-state index contributed by atoms with van der Waals surface area (Å²) in [5, 5.41) is 17.1. The van der Waals surface area contributed by atoms with E-state index in [1.54, 1.807) is 0 Å². The highest BCUT2D eigenvalue weighted by molar-refractivity contribution is 6.82. The van der Waals surface area contributed by atoms with Crippen LogP contribution >= 0.6 is 0 Å². The summed E-state index contributed by atoms with van der Waals surface area (Å²) in [5.74, 6) is 0.769. The van der Waals surface area contributed by atoms with Crippen LogP contribution in [0.1, 0.15) is 58.6 Å². The number of carbonyl (C=O) groups excluding carboxylic acids is 2. The Balaban J connectivity index is 1.48. The molecule has 3 amide bonds. The Morgan fingerprint density at radius 3 is 2.28 bits per heavy atom. The molecule has 0 aromatic heterocycles. The molecule has 0 bridgehead atoms. The zero-order chi connectivity index (χ0) is 26.5. The number of amides is 3. The van der Waals surface area contributed by atoms with E-state index < -0.39 is 25.8 Å². The van der Waals surface area contributed by atoms with Crippen molar-refractivity contribution in [2.24, 2.45) is 10.9 Å². The maximum absolute atomic E-state index is 13.6. The van der Waals surface area contributed by atoms with Crippen molar-refractivity contribution < 1.29 is 14.7 Å². The lowest BCUT2D eigenvalue weighted by atomic mass is 9.83. The first-order valence-corrected chi connectivity index (χ1v) is 16.7. The van der Waals surface area contributed by atoms with E-state index in [0.717, 1.165) is 36.0 Å². The van der Waals surface area contributed by atoms with Crippen LogP contribution in [-0.2, 0) is 4.79 Å². The standard InChI is InChI=1S/C28H42N4O3Si/c1-18(2)22(23(33)19-12-9-8-10-13-19)30-26(35)32-17-20-21(27(32,3)4)16-29-24(20)31-25(34)28(14-11-15-28)36(5,6)7/h8-10,12-13,18,22-23,33H,11,14-17H2,1-7H3,(H,30,35)(H,29,31,34)/t22-,23?/m0/s1. The van der Waals surface area contributed by atoms with Crippen LogP contribution in [0.3, 0.4) is 0 Å². The van der Waals surface area contributed by atoms with Gasteiger partial charge in [-0.1, -0.05) is 70.2 Å². The van der Waals surface area contributed by atoms with Gasteiger partial charge in [-0.15, -0.1) is 0 Å². The van der Waals surface area contributed by atoms with E-state index in [2.05, 4.69) is 35.3 Å². The number of aliphatic hydroxyl groups is 1. The van der Waals surface area contributed by atoms with E-state index in [4.69, 9.17) is 0 Å². The summed E-state index contributed by atoms with van der Waals surface area (Å²) >= 11 is 0. The molecule has 196 valence electrons. The second kappa shape index (κ2) is 9.45. The normalized spacial score (nSPS) is 22.0.